The average molecular weight is 231 g/mol. The van der Waals surface area contributed by atoms with Gasteiger partial charge < -0.3 is 10.0 Å². The van der Waals surface area contributed by atoms with E-state index in [-0.39, 0.29) is 6.54 Å². The molecule has 0 atom stereocenters. The summed E-state index contributed by atoms with van der Waals surface area (Å²) in [7, 11) is 1.69. The highest BCUT2D eigenvalue weighted by atomic mass is 16.4. The van der Waals surface area contributed by atoms with Crippen molar-refractivity contribution >= 4 is 22.8 Å². The first-order valence-corrected chi connectivity index (χ1v) is 5.24. The lowest BCUT2D eigenvalue weighted by Gasteiger charge is -2.17. The molecule has 0 saturated heterocycles. The van der Waals surface area contributed by atoms with Crippen molar-refractivity contribution in [1.29, 1.82) is 0 Å². The Kier molecular flexibility index (Phi) is 2.91. The van der Waals surface area contributed by atoms with Crippen LogP contribution in [0.5, 0.6) is 0 Å². The fourth-order valence-corrected chi connectivity index (χ4v) is 1.72. The van der Waals surface area contributed by atoms with Crippen LogP contribution in [0.15, 0.2) is 24.3 Å². The van der Waals surface area contributed by atoms with Crippen molar-refractivity contribution < 1.29 is 9.90 Å². The molecule has 0 aliphatic carbocycles. The first kappa shape index (κ1) is 11.3. The van der Waals surface area contributed by atoms with Gasteiger partial charge in [0.05, 0.1) is 16.7 Å². The van der Waals surface area contributed by atoms with Gasteiger partial charge in [-0.25, -0.2) is 9.97 Å². The molecular formula is C12H13N3O2. The minimum Gasteiger partial charge on any atom is -0.480 e. The summed E-state index contributed by atoms with van der Waals surface area (Å²) in [5.41, 5.74) is 2.32. The number of aliphatic carboxylic acids is 1. The molecule has 2 rings (SSSR count). The molecule has 0 amide bonds. The lowest BCUT2D eigenvalue weighted by molar-refractivity contribution is -0.135. The summed E-state index contributed by atoms with van der Waals surface area (Å²) in [6, 6.07) is 7.53. The van der Waals surface area contributed by atoms with Crippen LogP contribution in [0.3, 0.4) is 0 Å². The fourth-order valence-electron chi connectivity index (χ4n) is 1.72. The Morgan fingerprint density at radius 2 is 1.88 bits per heavy atom. The number of anilines is 1. The van der Waals surface area contributed by atoms with Gasteiger partial charge in [-0.1, -0.05) is 12.1 Å². The number of hydrogen-bond donors (Lipinski definition) is 1. The van der Waals surface area contributed by atoms with E-state index in [9.17, 15) is 4.79 Å². The summed E-state index contributed by atoms with van der Waals surface area (Å²) in [6.07, 6.45) is 0. The molecule has 0 aliphatic heterocycles. The quantitative estimate of drug-likeness (QED) is 0.866. The molecule has 1 aromatic heterocycles. The highest BCUT2D eigenvalue weighted by Gasteiger charge is 2.11. The number of aromatic nitrogens is 2. The van der Waals surface area contributed by atoms with E-state index in [2.05, 4.69) is 9.97 Å². The molecule has 17 heavy (non-hydrogen) atoms. The largest absolute Gasteiger partial charge is 0.480 e. The monoisotopic (exact) mass is 231 g/mol. The number of fused-ring (bicyclic) bond motifs is 1. The maximum Gasteiger partial charge on any atom is 0.323 e. The third-order valence-electron chi connectivity index (χ3n) is 2.45. The molecule has 1 aromatic carbocycles. The van der Waals surface area contributed by atoms with Gasteiger partial charge in [0, 0.05) is 7.05 Å². The second-order valence-corrected chi connectivity index (χ2v) is 3.87. The van der Waals surface area contributed by atoms with Gasteiger partial charge in [0.15, 0.2) is 5.82 Å². The summed E-state index contributed by atoms with van der Waals surface area (Å²) in [6.45, 7) is 1.74. The zero-order chi connectivity index (χ0) is 12.4. The number of nitrogens with zero attached hydrogens (tertiary/aromatic N) is 3. The van der Waals surface area contributed by atoms with Crippen LogP contribution in [0, 0.1) is 6.92 Å². The van der Waals surface area contributed by atoms with E-state index in [0.717, 1.165) is 16.7 Å². The van der Waals surface area contributed by atoms with E-state index in [1.165, 1.54) is 0 Å². The van der Waals surface area contributed by atoms with Crippen molar-refractivity contribution in [3.05, 3.63) is 30.0 Å². The molecule has 0 aliphatic rings. The topological polar surface area (TPSA) is 66.3 Å². The van der Waals surface area contributed by atoms with Crippen molar-refractivity contribution in [1.82, 2.24) is 9.97 Å². The summed E-state index contributed by atoms with van der Waals surface area (Å²) in [5, 5.41) is 8.76. The van der Waals surface area contributed by atoms with E-state index < -0.39 is 5.97 Å². The Morgan fingerprint density at radius 1 is 1.29 bits per heavy atom. The lowest BCUT2D eigenvalue weighted by Crippen LogP contribution is -2.27. The van der Waals surface area contributed by atoms with Crippen LogP contribution in [-0.4, -0.2) is 34.6 Å². The van der Waals surface area contributed by atoms with Gasteiger partial charge in [-0.2, -0.15) is 0 Å². The average Bonchev–Trinajstić information content (AvgIpc) is 2.27. The molecule has 0 fully saturated rings. The molecular weight excluding hydrogens is 218 g/mol. The van der Waals surface area contributed by atoms with Gasteiger partial charge in [-0.3, -0.25) is 4.79 Å². The molecule has 88 valence electrons. The molecule has 0 radical (unpaired) electrons. The molecule has 5 heteroatoms. The van der Waals surface area contributed by atoms with Gasteiger partial charge in [0.1, 0.15) is 6.54 Å². The third-order valence-corrected chi connectivity index (χ3v) is 2.45. The van der Waals surface area contributed by atoms with Crippen LogP contribution >= 0.6 is 0 Å². The zero-order valence-corrected chi connectivity index (χ0v) is 9.71. The van der Waals surface area contributed by atoms with E-state index in [4.69, 9.17) is 5.11 Å². The number of likely N-dealkylation sites (N-methyl/N-ethyl adjacent to an activating group) is 1. The van der Waals surface area contributed by atoms with Crippen LogP contribution < -0.4 is 4.90 Å². The van der Waals surface area contributed by atoms with Crippen LogP contribution in [0.4, 0.5) is 5.82 Å². The number of carbonyl (C=O) groups is 1. The van der Waals surface area contributed by atoms with Crippen LogP contribution in [0.25, 0.3) is 11.0 Å². The van der Waals surface area contributed by atoms with E-state index in [1.807, 2.05) is 31.2 Å². The zero-order valence-electron chi connectivity index (χ0n) is 9.71. The fraction of sp³-hybridized carbons (Fsp3) is 0.250. The van der Waals surface area contributed by atoms with Gasteiger partial charge in [0.2, 0.25) is 0 Å². The standard InChI is InChI=1S/C12H13N3O2/c1-8-12(15(2)7-11(16)17)14-10-6-4-3-5-9(10)13-8/h3-6H,7H2,1-2H3,(H,16,17). The third kappa shape index (κ3) is 2.33. The Hall–Kier alpha value is -2.17. The summed E-state index contributed by atoms with van der Waals surface area (Å²) in [4.78, 5) is 21.1. The van der Waals surface area contributed by atoms with Crippen molar-refractivity contribution in [2.45, 2.75) is 6.92 Å². The summed E-state index contributed by atoms with van der Waals surface area (Å²) >= 11 is 0. The smallest absolute Gasteiger partial charge is 0.323 e. The highest BCUT2D eigenvalue weighted by Crippen LogP contribution is 2.18. The second kappa shape index (κ2) is 4.37. The van der Waals surface area contributed by atoms with Gasteiger partial charge in [-0.15, -0.1) is 0 Å². The molecule has 0 spiro atoms. The Labute approximate surface area is 98.7 Å². The van der Waals surface area contributed by atoms with Crippen LogP contribution in [0.1, 0.15) is 5.69 Å². The molecule has 1 N–H and O–H groups in total. The lowest BCUT2D eigenvalue weighted by atomic mass is 10.3. The second-order valence-electron chi connectivity index (χ2n) is 3.87. The number of aryl methyl sites for hydroxylation is 1. The number of hydrogen-bond acceptors (Lipinski definition) is 4. The maximum atomic E-state index is 10.7. The number of carboxylic acids is 1. The minimum atomic E-state index is -0.887. The molecule has 1 heterocycles. The number of benzene rings is 1. The normalized spacial score (nSPS) is 10.5. The van der Waals surface area contributed by atoms with Crippen LogP contribution in [-0.2, 0) is 4.79 Å². The number of para-hydroxylation sites is 2. The van der Waals surface area contributed by atoms with Crippen molar-refractivity contribution in [2.75, 3.05) is 18.5 Å². The van der Waals surface area contributed by atoms with Crippen molar-refractivity contribution in [2.24, 2.45) is 0 Å². The van der Waals surface area contributed by atoms with E-state index in [0.29, 0.717) is 5.82 Å². The minimum absolute atomic E-state index is 0.0894. The predicted molar refractivity (Wildman–Crippen MR) is 65.2 cm³/mol. The van der Waals surface area contributed by atoms with Gasteiger partial charge >= 0.3 is 5.97 Å². The van der Waals surface area contributed by atoms with Crippen molar-refractivity contribution in [3.8, 4) is 0 Å². The maximum absolute atomic E-state index is 10.7. The first-order valence-electron chi connectivity index (χ1n) is 5.24. The molecule has 0 unspecified atom stereocenters. The Balaban J connectivity index is 2.46. The summed E-state index contributed by atoms with van der Waals surface area (Å²) < 4.78 is 0. The SMILES string of the molecule is Cc1nc2ccccc2nc1N(C)CC(=O)O. The molecule has 2 aromatic rings. The number of rotatable bonds is 3. The van der Waals surface area contributed by atoms with E-state index in [1.54, 1.807) is 11.9 Å². The summed E-state index contributed by atoms with van der Waals surface area (Å²) in [5.74, 6) is -0.284. The molecule has 5 nitrogen and oxygen atoms in total. The Morgan fingerprint density at radius 3 is 2.47 bits per heavy atom. The van der Waals surface area contributed by atoms with Crippen LogP contribution in [0.2, 0.25) is 0 Å². The van der Waals surface area contributed by atoms with E-state index >= 15 is 0 Å². The molecule has 0 bridgehead atoms. The predicted octanol–water partition coefficient (Wildman–Crippen LogP) is 1.46. The number of carboxylic acid groups (broad SMARTS) is 1. The Bertz CT molecular complexity index is 569. The van der Waals surface area contributed by atoms with Crippen molar-refractivity contribution in [3.63, 3.8) is 0 Å². The molecule has 0 saturated carbocycles. The first-order chi connectivity index (χ1) is 8.08. The highest BCUT2D eigenvalue weighted by molar-refractivity contribution is 5.78. The van der Waals surface area contributed by atoms with Gasteiger partial charge in [0.25, 0.3) is 0 Å². The van der Waals surface area contributed by atoms with Gasteiger partial charge in [-0.05, 0) is 19.1 Å².